The number of piperazine rings is 1. The van der Waals surface area contributed by atoms with E-state index in [1.54, 1.807) is 12.4 Å². The lowest BCUT2D eigenvalue weighted by atomic mass is 10.2. The van der Waals surface area contributed by atoms with Gasteiger partial charge in [0.1, 0.15) is 5.82 Å². The maximum Gasteiger partial charge on any atom is 0.253 e. The first kappa shape index (κ1) is 18.2. The normalized spacial score (nSPS) is 15.7. The Kier molecular flexibility index (Phi) is 5.71. The number of hydrogen-bond donors (Lipinski definition) is 1. The number of carbonyl (C=O) groups is 1. The average molecular weight is 356 g/mol. The Hall–Kier alpha value is -2.63. The molecule has 1 aliphatic rings. The largest absolute Gasteiger partial charge is 0.368 e. The first-order valence-corrected chi connectivity index (χ1v) is 9.08. The molecule has 1 aliphatic heterocycles. The van der Waals surface area contributed by atoms with E-state index < -0.39 is 0 Å². The standard InChI is InChI=1S/C20H25FN4O/c1-3-15(2)23-20(26)16-12-19(14-22-13-16)25-10-8-24(9-11-25)18-6-4-17(21)5-7-18/h4-7,12-15H,3,8-11H2,1-2H3,(H,23,26). The topological polar surface area (TPSA) is 48.5 Å². The molecule has 1 atom stereocenters. The van der Waals surface area contributed by atoms with Crippen LogP contribution in [0, 0.1) is 5.82 Å². The molecular weight excluding hydrogens is 331 g/mol. The molecule has 3 rings (SSSR count). The fourth-order valence-corrected chi connectivity index (χ4v) is 3.01. The van der Waals surface area contributed by atoms with Crippen molar-refractivity contribution in [1.82, 2.24) is 10.3 Å². The Labute approximate surface area is 153 Å². The number of hydrogen-bond acceptors (Lipinski definition) is 4. The lowest BCUT2D eigenvalue weighted by molar-refractivity contribution is 0.0939. The molecule has 1 N–H and O–H groups in total. The maximum absolute atomic E-state index is 13.1. The van der Waals surface area contributed by atoms with Crippen molar-refractivity contribution in [2.75, 3.05) is 36.0 Å². The smallest absolute Gasteiger partial charge is 0.253 e. The zero-order valence-electron chi connectivity index (χ0n) is 15.3. The molecule has 1 saturated heterocycles. The van der Waals surface area contributed by atoms with E-state index in [4.69, 9.17) is 0 Å². The van der Waals surface area contributed by atoms with Gasteiger partial charge < -0.3 is 15.1 Å². The van der Waals surface area contributed by atoms with Gasteiger partial charge in [0.2, 0.25) is 0 Å². The van der Waals surface area contributed by atoms with Gasteiger partial charge in [-0.25, -0.2) is 4.39 Å². The zero-order chi connectivity index (χ0) is 18.5. The van der Waals surface area contributed by atoms with Gasteiger partial charge in [0, 0.05) is 44.1 Å². The van der Waals surface area contributed by atoms with Crippen molar-refractivity contribution in [2.45, 2.75) is 26.3 Å². The molecule has 138 valence electrons. The van der Waals surface area contributed by atoms with Crippen LogP contribution in [0.4, 0.5) is 15.8 Å². The Morgan fingerprint density at radius 2 is 1.73 bits per heavy atom. The van der Waals surface area contributed by atoms with Crippen LogP contribution in [0.1, 0.15) is 30.6 Å². The third-order valence-corrected chi connectivity index (χ3v) is 4.81. The van der Waals surface area contributed by atoms with Crippen LogP contribution in [0.25, 0.3) is 0 Å². The summed E-state index contributed by atoms with van der Waals surface area (Å²) in [7, 11) is 0. The van der Waals surface area contributed by atoms with Crippen LogP contribution in [-0.2, 0) is 0 Å². The van der Waals surface area contributed by atoms with E-state index in [2.05, 4.69) is 20.1 Å². The van der Waals surface area contributed by atoms with Crippen LogP contribution in [0.5, 0.6) is 0 Å². The van der Waals surface area contributed by atoms with Gasteiger partial charge in [0.25, 0.3) is 5.91 Å². The van der Waals surface area contributed by atoms with E-state index in [1.165, 1.54) is 12.1 Å². The van der Waals surface area contributed by atoms with Crippen molar-refractivity contribution in [2.24, 2.45) is 0 Å². The Morgan fingerprint density at radius 1 is 1.12 bits per heavy atom. The molecule has 26 heavy (non-hydrogen) atoms. The molecule has 2 aromatic rings. The Balaban J connectivity index is 1.63. The molecule has 1 unspecified atom stereocenters. The molecule has 6 heteroatoms. The number of nitrogens with one attached hydrogen (secondary N) is 1. The lowest BCUT2D eigenvalue weighted by Gasteiger charge is -2.37. The predicted molar refractivity (Wildman–Crippen MR) is 102 cm³/mol. The quantitative estimate of drug-likeness (QED) is 0.894. The van der Waals surface area contributed by atoms with Crippen LogP contribution < -0.4 is 15.1 Å². The second-order valence-electron chi connectivity index (χ2n) is 6.67. The summed E-state index contributed by atoms with van der Waals surface area (Å²) in [5, 5.41) is 2.97. The molecule has 0 saturated carbocycles. The first-order valence-electron chi connectivity index (χ1n) is 9.08. The molecule has 2 heterocycles. The van der Waals surface area contributed by atoms with Crippen molar-refractivity contribution < 1.29 is 9.18 Å². The van der Waals surface area contributed by atoms with E-state index in [-0.39, 0.29) is 17.8 Å². The first-order chi connectivity index (χ1) is 12.6. The fourth-order valence-electron chi connectivity index (χ4n) is 3.01. The molecule has 1 amide bonds. The molecule has 0 spiro atoms. The summed E-state index contributed by atoms with van der Waals surface area (Å²) in [6.07, 6.45) is 4.30. The number of anilines is 2. The summed E-state index contributed by atoms with van der Waals surface area (Å²) in [4.78, 5) is 21.0. The van der Waals surface area contributed by atoms with E-state index >= 15 is 0 Å². The van der Waals surface area contributed by atoms with E-state index in [9.17, 15) is 9.18 Å². The van der Waals surface area contributed by atoms with Crippen molar-refractivity contribution >= 4 is 17.3 Å². The van der Waals surface area contributed by atoms with Crippen LogP contribution in [0.2, 0.25) is 0 Å². The highest BCUT2D eigenvalue weighted by molar-refractivity contribution is 5.94. The predicted octanol–water partition coefficient (Wildman–Crippen LogP) is 3.08. The van der Waals surface area contributed by atoms with Gasteiger partial charge in [-0.15, -0.1) is 0 Å². The molecule has 0 radical (unpaired) electrons. The minimum absolute atomic E-state index is 0.0846. The lowest BCUT2D eigenvalue weighted by Crippen LogP contribution is -2.46. The summed E-state index contributed by atoms with van der Waals surface area (Å²) in [5.41, 5.74) is 2.58. The van der Waals surface area contributed by atoms with Crippen LogP contribution >= 0.6 is 0 Å². The third-order valence-electron chi connectivity index (χ3n) is 4.81. The van der Waals surface area contributed by atoms with Gasteiger partial charge in [0.05, 0.1) is 17.4 Å². The summed E-state index contributed by atoms with van der Waals surface area (Å²) in [6, 6.07) is 8.65. The molecule has 1 fully saturated rings. The van der Waals surface area contributed by atoms with Gasteiger partial charge in [-0.05, 0) is 43.7 Å². The van der Waals surface area contributed by atoms with E-state index in [0.29, 0.717) is 5.56 Å². The summed E-state index contributed by atoms with van der Waals surface area (Å²) < 4.78 is 13.1. The SMILES string of the molecule is CCC(C)NC(=O)c1cncc(N2CCN(c3ccc(F)cc3)CC2)c1. The summed E-state index contributed by atoms with van der Waals surface area (Å²) >= 11 is 0. The highest BCUT2D eigenvalue weighted by Gasteiger charge is 2.19. The number of benzene rings is 1. The number of rotatable bonds is 5. The van der Waals surface area contributed by atoms with Crippen LogP contribution in [0.15, 0.2) is 42.7 Å². The van der Waals surface area contributed by atoms with Gasteiger partial charge in [-0.3, -0.25) is 9.78 Å². The molecule has 1 aromatic carbocycles. The third kappa shape index (κ3) is 4.31. The van der Waals surface area contributed by atoms with Crippen molar-refractivity contribution in [3.8, 4) is 0 Å². The number of halogens is 1. The van der Waals surface area contributed by atoms with Crippen LogP contribution in [-0.4, -0.2) is 43.1 Å². The minimum atomic E-state index is -0.217. The number of amides is 1. The molecule has 0 aliphatic carbocycles. The van der Waals surface area contributed by atoms with Crippen molar-refractivity contribution in [1.29, 1.82) is 0 Å². The van der Waals surface area contributed by atoms with Gasteiger partial charge in [0.15, 0.2) is 0 Å². The Bertz CT molecular complexity index is 742. The van der Waals surface area contributed by atoms with E-state index in [0.717, 1.165) is 44.0 Å². The summed E-state index contributed by atoms with van der Waals surface area (Å²) in [6.45, 7) is 7.37. The van der Waals surface area contributed by atoms with Gasteiger partial charge in [-0.2, -0.15) is 0 Å². The number of pyridine rings is 1. The van der Waals surface area contributed by atoms with Crippen molar-refractivity contribution in [3.63, 3.8) is 0 Å². The molecule has 0 bridgehead atoms. The average Bonchev–Trinajstić information content (AvgIpc) is 2.68. The summed E-state index contributed by atoms with van der Waals surface area (Å²) in [5.74, 6) is -0.301. The van der Waals surface area contributed by atoms with E-state index in [1.807, 2.05) is 32.0 Å². The van der Waals surface area contributed by atoms with Crippen molar-refractivity contribution in [3.05, 3.63) is 54.1 Å². The van der Waals surface area contributed by atoms with Gasteiger partial charge in [-0.1, -0.05) is 6.92 Å². The number of carbonyl (C=O) groups excluding carboxylic acids is 1. The number of aromatic nitrogens is 1. The zero-order valence-corrected chi connectivity index (χ0v) is 15.3. The van der Waals surface area contributed by atoms with Gasteiger partial charge >= 0.3 is 0 Å². The highest BCUT2D eigenvalue weighted by Crippen LogP contribution is 2.21. The molecular formula is C20H25FN4O. The fraction of sp³-hybridized carbons (Fsp3) is 0.400. The second kappa shape index (κ2) is 8.17. The molecule has 5 nitrogen and oxygen atoms in total. The highest BCUT2D eigenvalue weighted by atomic mass is 19.1. The molecule has 1 aromatic heterocycles. The monoisotopic (exact) mass is 356 g/mol. The second-order valence-corrected chi connectivity index (χ2v) is 6.67. The maximum atomic E-state index is 13.1. The van der Waals surface area contributed by atoms with Crippen LogP contribution in [0.3, 0.4) is 0 Å². The minimum Gasteiger partial charge on any atom is -0.368 e. The number of nitrogens with zero attached hydrogens (tertiary/aromatic N) is 3. The Morgan fingerprint density at radius 3 is 2.35 bits per heavy atom.